The highest BCUT2D eigenvalue weighted by molar-refractivity contribution is 5.85. The minimum atomic E-state index is -0.214. The molecule has 0 aromatic heterocycles. The average molecular weight is 317 g/mol. The van der Waals surface area contributed by atoms with Gasteiger partial charge in [-0.3, -0.25) is 4.79 Å². The number of methoxy groups -OCH3 is 1. The predicted molar refractivity (Wildman–Crippen MR) is 86.2 cm³/mol. The molecule has 0 radical (unpaired) electrons. The molecule has 1 amide bonds. The summed E-state index contributed by atoms with van der Waals surface area (Å²) in [5.41, 5.74) is 5.70. The van der Waals surface area contributed by atoms with Crippen LogP contribution in [-0.4, -0.2) is 31.7 Å². The van der Waals surface area contributed by atoms with Crippen molar-refractivity contribution in [3.05, 3.63) is 24.3 Å². The Morgan fingerprint density at radius 2 is 1.81 bits per heavy atom. The molecular weight excluding hydrogens is 292 g/mol. The minimum absolute atomic E-state index is 0. The van der Waals surface area contributed by atoms with Crippen molar-refractivity contribution >= 4 is 18.3 Å². The van der Waals surface area contributed by atoms with Gasteiger partial charge in [0.25, 0.3) is 0 Å². The predicted octanol–water partition coefficient (Wildman–Crippen LogP) is 1.98. The van der Waals surface area contributed by atoms with E-state index in [-0.39, 0.29) is 36.4 Å². The van der Waals surface area contributed by atoms with Crippen molar-refractivity contribution in [2.24, 2.45) is 11.7 Å². The smallest absolute Gasteiger partial charge is 0.224 e. The van der Waals surface area contributed by atoms with E-state index < -0.39 is 0 Å². The minimum Gasteiger partial charge on any atom is -0.493 e. The van der Waals surface area contributed by atoms with Crippen molar-refractivity contribution in [1.82, 2.24) is 5.32 Å². The normalized spacial score (nSPS) is 14.3. The summed E-state index contributed by atoms with van der Waals surface area (Å²) in [5, 5.41) is 2.84. The first kappa shape index (κ1) is 19.5. The summed E-state index contributed by atoms with van der Waals surface area (Å²) >= 11 is 0. The van der Waals surface area contributed by atoms with E-state index >= 15 is 0 Å². The molecule has 0 saturated heterocycles. The van der Waals surface area contributed by atoms with E-state index in [4.69, 9.17) is 15.2 Å². The summed E-state index contributed by atoms with van der Waals surface area (Å²) in [6.07, 6.45) is -0.157. The molecule has 0 spiro atoms. The van der Waals surface area contributed by atoms with Gasteiger partial charge in [0.1, 0.15) is 6.10 Å². The quantitative estimate of drug-likeness (QED) is 0.806. The molecule has 1 rings (SSSR count). The van der Waals surface area contributed by atoms with Crippen LogP contribution >= 0.6 is 12.4 Å². The fourth-order valence-electron chi connectivity index (χ4n) is 1.62. The van der Waals surface area contributed by atoms with Gasteiger partial charge in [0.05, 0.1) is 13.7 Å². The number of benzene rings is 1. The van der Waals surface area contributed by atoms with E-state index in [1.165, 1.54) is 0 Å². The molecular formula is C15H25ClN2O3. The summed E-state index contributed by atoms with van der Waals surface area (Å²) in [4.78, 5) is 11.8. The van der Waals surface area contributed by atoms with Crippen LogP contribution in [0.25, 0.3) is 0 Å². The van der Waals surface area contributed by atoms with Gasteiger partial charge >= 0.3 is 0 Å². The Morgan fingerprint density at radius 3 is 2.33 bits per heavy atom. The summed E-state index contributed by atoms with van der Waals surface area (Å²) < 4.78 is 11.0. The van der Waals surface area contributed by atoms with E-state index in [0.717, 1.165) is 0 Å². The fraction of sp³-hybridized carbons (Fsp3) is 0.533. The third kappa shape index (κ3) is 6.23. The molecule has 120 valence electrons. The number of carbonyl (C=O) groups is 1. The van der Waals surface area contributed by atoms with E-state index in [1.54, 1.807) is 7.11 Å². The molecule has 5 nitrogen and oxygen atoms in total. The zero-order valence-corrected chi connectivity index (χ0v) is 13.8. The van der Waals surface area contributed by atoms with Gasteiger partial charge < -0.3 is 20.5 Å². The van der Waals surface area contributed by atoms with Gasteiger partial charge in [-0.15, -0.1) is 12.4 Å². The molecule has 0 saturated carbocycles. The number of nitrogens with two attached hydrogens (primary N) is 1. The molecule has 0 aliphatic carbocycles. The lowest BCUT2D eigenvalue weighted by Gasteiger charge is -2.19. The molecule has 3 N–H and O–H groups in total. The van der Waals surface area contributed by atoms with Crippen LogP contribution in [0, 0.1) is 5.92 Å². The van der Waals surface area contributed by atoms with Gasteiger partial charge in [0.2, 0.25) is 5.91 Å². The summed E-state index contributed by atoms with van der Waals surface area (Å²) in [6, 6.07) is 7.25. The highest BCUT2D eigenvalue weighted by Gasteiger charge is 2.17. The molecule has 0 fully saturated rings. The van der Waals surface area contributed by atoms with Crippen LogP contribution in [0.2, 0.25) is 0 Å². The molecule has 6 heteroatoms. The van der Waals surface area contributed by atoms with Gasteiger partial charge in [0.15, 0.2) is 11.5 Å². The number of amides is 1. The standard InChI is InChI=1S/C15H24N2O3.ClH/c1-10(9-17-15(18)11(2)12(3)16)20-14-8-6-5-7-13(14)19-4;/h5-8,10-12H,9,16H2,1-4H3,(H,17,18);1H. The SMILES string of the molecule is COc1ccccc1OC(C)CNC(=O)C(C)C(C)N.Cl. The summed E-state index contributed by atoms with van der Waals surface area (Å²) in [7, 11) is 1.60. The van der Waals surface area contributed by atoms with Crippen LogP contribution in [-0.2, 0) is 4.79 Å². The molecule has 1 aromatic carbocycles. The monoisotopic (exact) mass is 316 g/mol. The Labute approximate surface area is 132 Å². The largest absolute Gasteiger partial charge is 0.493 e. The molecule has 3 atom stereocenters. The zero-order chi connectivity index (χ0) is 15.1. The second-order valence-electron chi connectivity index (χ2n) is 4.97. The van der Waals surface area contributed by atoms with Crippen LogP contribution < -0.4 is 20.5 Å². The maximum absolute atomic E-state index is 11.8. The van der Waals surface area contributed by atoms with Crippen LogP contribution in [0.5, 0.6) is 11.5 Å². The number of rotatable bonds is 7. The lowest BCUT2D eigenvalue weighted by atomic mass is 10.0. The summed E-state index contributed by atoms with van der Waals surface area (Å²) in [5.74, 6) is 1.07. The number of ether oxygens (including phenoxy) is 2. The van der Waals surface area contributed by atoms with Crippen LogP contribution in [0.3, 0.4) is 0 Å². The third-order valence-electron chi connectivity index (χ3n) is 3.16. The average Bonchev–Trinajstić information content (AvgIpc) is 2.44. The number of halogens is 1. The number of carbonyl (C=O) groups excluding carboxylic acids is 1. The van der Waals surface area contributed by atoms with Gasteiger partial charge in [-0.25, -0.2) is 0 Å². The molecule has 3 unspecified atom stereocenters. The van der Waals surface area contributed by atoms with E-state index in [9.17, 15) is 4.79 Å². The van der Waals surface area contributed by atoms with E-state index in [2.05, 4.69) is 5.32 Å². The lowest BCUT2D eigenvalue weighted by Crippen LogP contribution is -2.42. The number of para-hydroxylation sites is 2. The fourth-order valence-corrected chi connectivity index (χ4v) is 1.62. The second-order valence-corrected chi connectivity index (χ2v) is 4.97. The highest BCUT2D eigenvalue weighted by atomic mass is 35.5. The second kappa shape index (κ2) is 9.47. The van der Waals surface area contributed by atoms with Crippen LogP contribution in [0.1, 0.15) is 20.8 Å². The van der Waals surface area contributed by atoms with Crippen molar-refractivity contribution in [1.29, 1.82) is 0 Å². The maximum atomic E-state index is 11.8. The lowest BCUT2D eigenvalue weighted by molar-refractivity contribution is -0.125. The number of hydrogen-bond donors (Lipinski definition) is 2. The van der Waals surface area contributed by atoms with Crippen molar-refractivity contribution in [2.45, 2.75) is 32.9 Å². The van der Waals surface area contributed by atoms with Gasteiger partial charge in [-0.05, 0) is 26.0 Å². The van der Waals surface area contributed by atoms with Crippen molar-refractivity contribution in [2.75, 3.05) is 13.7 Å². The molecule has 21 heavy (non-hydrogen) atoms. The Morgan fingerprint density at radius 1 is 1.24 bits per heavy atom. The first-order valence-electron chi connectivity index (χ1n) is 6.78. The Kier molecular flexibility index (Phi) is 8.81. The zero-order valence-electron chi connectivity index (χ0n) is 13.0. The van der Waals surface area contributed by atoms with Crippen LogP contribution in [0.4, 0.5) is 0 Å². The first-order chi connectivity index (χ1) is 9.45. The van der Waals surface area contributed by atoms with Gasteiger partial charge in [-0.2, -0.15) is 0 Å². The van der Waals surface area contributed by atoms with E-state index in [0.29, 0.717) is 18.0 Å². The number of nitrogens with one attached hydrogen (secondary N) is 1. The van der Waals surface area contributed by atoms with Crippen molar-refractivity contribution in [3.8, 4) is 11.5 Å². The number of hydrogen-bond acceptors (Lipinski definition) is 4. The van der Waals surface area contributed by atoms with E-state index in [1.807, 2.05) is 45.0 Å². The Hall–Kier alpha value is -1.46. The molecule has 0 aliphatic rings. The highest BCUT2D eigenvalue weighted by Crippen LogP contribution is 2.26. The molecule has 0 heterocycles. The summed E-state index contributed by atoms with van der Waals surface area (Å²) in [6.45, 7) is 5.95. The maximum Gasteiger partial charge on any atom is 0.224 e. The topological polar surface area (TPSA) is 73.6 Å². The van der Waals surface area contributed by atoms with Crippen molar-refractivity contribution < 1.29 is 14.3 Å². The van der Waals surface area contributed by atoms with Crippen LogP contribution in [0.15, 0.2) is 24.3 Å². The van der Waals surface area contributed by atoms with Crippen molar-refractivity contribution in [3.63, 3.8) is 0 Å². The molecule has 0 bridgehead atoms. The first-order valence-corrected chi connectivity index (χ1v) is 6.78. The Bertz CT molecular complexity index is 441. The van der Waals surface area contributed by atoms with Gasteiger partial charge in [0, 0.05) is 12.0 Å². The third-order valence-corrected chi connectivity index (χ3v) is 3.16. The van der Waals surface area contributed by atoms with Gasteiger partial charge in [-0.1, -0.05) is 19.1 Å². The molecule has 1 aromatic rings. The molecule has 0 aliphatic heterocycles. The Balaban J connectivity index is 0.00000400.